The highest BCUT2D eigenvalue weighted by atomic mass is 19.1. The SMILES string of the molecule is COc1ccc(NC2=C(c3ccccc3OC)C(=O)N(c3ccccc3F)C2=O)cc1OC. The van der Waals surface area contributed by atoms with Gasteiger partial charge in [-0.05, 0) is 30.3 Å². The third-order valence-corrected chi connectivity index (χ3v) is 5.21. The van der Waals surface area contributed by atoms with E-state index in [0.29, 0.717) is 28.5 Å². The van der Waals surface area contributed by atoms with Crippen molar-refractivity contribution < 1.29 is 28.2 Å². The number of nitrogens with zero attached hydrogens (tertiary/aromatic N) is 1. The molecule has 1 heterocycles. The summed E-state index contributed by atoms with van der Waals surface area (Å²) in [6.45, 7) is 0. The lowest BCUT2D eigenvalue weighted by Gasteiger charge is -2.16. The lowest BCUT2D eigenvalue weighted by molar-refractivity contribution is -0.120. The number of nitrogens with one attached hydrogen (secondary N) is 1. The maximum absolute atomic E-state index is 14.6. The standard InChI is InChI=1S/C25H21FN2O5/c1-31-19-11-7-4-8-16(19)22-23(27-15-12-13-20(32-2)21(14-15)33-3)25(30)28(24(22)29)18-10-6-5-9-17(18)26/h4-14,27H,1-3H3. The van der Waals surface area contributed by atoms with Gasteiger partial charge in [0, 0.05) is 17.3 Å². The number of amides is 2. The number of hydrogen-bond acceptors (Lipinski definition) is 6. The van der Waals surface area contributed by atoms with Gasteiger partial charge in [-0.1, -0.05) is 30.3 Å². The molecule has 0 aliphatic carbocycles. The number of halogens is 1. The van der Waals surface area contributed by atoms with Crippen molar-refractivity contribution in [3.63, 3.8) is 0 Å². The Kier molecular flexibility index (Phi) is 5.99. The molecule has 7 nitrogen and oxygen atoms in total. The van der Waals surface area contributed by atoms with Crippen LogP contribution in [-0.4, -0.2) is 33.1 Å². The second kappa shape index (κ2) is 9.04. The van der Waals surface area contributed by atoms with Gasteiger partial charge in [0.25, 0.3) is 11.8 Å². The van der Waals surface area contributed by atoms with Gasteiger partial charge >= 0.3 is 0 Å². The summed E-state index contributed by atoms with van der Waals surface area (Å²) in [6, 6.07) is 17.4. The zero-order chi connectivity index (χ0) is 23.5. The third kappa shape index (κ3) is 3.87. The van der Waals surface area contributed by atoms with Crippen LogP contribution in [-0.2, 0) is 9.59 Å². The van der Waals surface area contributed by atoms with Crippen LogP contribution in [0.5, 0.6) is 17.2 Å². The molecule has 2 amide bonds. The molecule has 0 atom stereocenters. The van der Waals surface area contributed by atoms with Gasteiger partial charge in [0.05, 0.1) is 32.6 Å². The summed E-state index contributed by atoms with van der Waals surface area (Å²) in [4.78, 5) is 27.8. The molecule has 0 spiro atoms. The van der Waals surface area contributed by atoms with Gasteiger partial charge in [0.1, 0.15) is 17.3 Å². The number of para-hydroxylation sites is 2. The Labute approximate surface area is 190 Å². The number of rotatable bonds is 7. The molecule has 1 N–H and O–H groups in total. The van der Waals surface area contributed by atoms with Gasteiger partial charge in [-0.25, -0.2) is 9.29 Å². The summed E-state index contributed by atoms with van der Waals surface area (Å²) in [7, 11) is 4.47. The van der Waals surface area contributed by atoms with Gasteiger partial charge in [0.2, 0.25) is 0 Å². The first-order chi connectivity index (χ1) is 16.0. The summed E-state index contributed by atoms with van der Waals surface area (Å²) < 4.78 is 30.6. The van der Waals surface area contributed by atoms with E-state index in [1.807, 2.05) is 0 Å². The summed E-state index contributed by atoms with van der Waals surface area (Å²) in [5, 5.41) is 3.02. The lowest BCUT2D eigenvalue weighted by atomic mass is 10.0. The topological polar surface area (TPSA) is 77.1 Å². The highest BCUT2D eigenvalue weighted by molar-refractivity contribution is 6.46. The molecule has 3 aromatic carbocycles. The van der Waals surface area contributed by atoms with E-state index in [-0.39, 0.29) is 17.0 Å². The normalized spacial score (nSPS) is 13.4. The predicted octanol–water partition coefficient (Wildman–Crippen LogP) is 4.25. The first-order valence-electron chi connectivity index (χ1n) is 10.00. The number of carbonyl (C=O) groups is 2. The Morgan fingerprint density at radius 1 is 0.758 bits per heavy atom. The highest BCUT2D eigenvalue weighted by Crippen LogP contribution is 2.39. The molecule has 0 saturated heterocycles. The van der Waals surface area contributed by atoms with Crippen molar-refractivity contribution in [2.24, 2.45) is 0 Å². The van der Waals surface area contributed by atoms with Crippen LogP contribution in [0.3, 0.4) is 0 Å². The van der Waals surface area contributed by atoms with Crippen molar-refractivity contribution in [3.8, 4) is 17.2 Å². The van der Waals surface area contributed by atoms with Gasteiger partial charge in [-0.3, -0.25) is 9.59 Å². The number of methoxy groups -OCH3 is 3. The van der Waals surface area contributed by atoms with E-state index in [0.717, 1.165) is 4.90 Å². The molecule has 0 bridgehead atoms. The van der Waals surface area contributed by atoms with E-state index in [4.69, 9.17) is 14.2 Å². The van der Waals surface area contributed by atoms with Crippen LogP contribution >= 0.6 is 0 Å². The van der Waals surface area contributed by atoms with E-state index in [1.165, 1.54) is 39.5 Å². The van der Waals surface area contributed by atoms with Crippen molar-refractivity contribution in [3.05, 3.63) is 83.8 Å². The Hall–Kier alpha value is -4.33. The maximum Gasteiger partial charge on any atom is 0.282 e. The Morgan fingerprint density at radius 2 is 1.42 bits per heavy atom. The van der Waals surface area contributed by atoms with E-state index in [2.05, 4.69) is 5.32 Å². The van der Waals surface area contributed by atoms with E-state index in [1.54, 1.807) is 48.5 Å². The van der Waals surface area contributed by atoms with Gasteiger partial charge in [-0.15, -0.1) is 0 Å². The van der Waals surface area contributed by atoms with E-state index >= 15 is 0 Å². The molecule has 3 aromatic rings. The molecule has 0 aromatic heterocycles. The molecule has 33 heavy (non-hydrogen) atoms. The summed E-state index contributed by atoms with van der Waals surface area (Å²) >= 11 is 0. The second-order valence-corrected chi connectivity index (χ2v) is 7.04. The Morgan fingerprint density at radius 3 is 2.12 bits per heavy atom. The molecular formula is C25H21FN2O5. The van der Waals surface area contributed by atoms with Gasteiger partial charge < -0.3 is 19.5 Å². The number of ether oxygens (including phenoxy) is 3. The number of benzene rings is 3. The van der Waals surface area contributed by atoms with Crippen molar-refractivity contribution in [2.45, 2.75) is 0 Å². The Balaban J connectivity index is 1.87. The average molecular weight is 448 g/mol. The fourth-order valence-electron chi connectivity index (χ4n) is 3.66. The first kappa shape index (κ1) is 21.9. The minimum absolute atomic E-state index is 0.0139. The molecule has 168 valence electrons. The predicted molar refractivity (Wildman–Crippen MR) is 122 cm³/mol. The fourth-order valence-corrected chi connectivity index (χ4v) is 3.66. The monoisotopic (exact) mass is 448 g/mol. The molecule has 1 aliphatic heterocycles. The number of imide groups is 1. The molecular weight excluding hydrogens is 427 g/mol. The molecule has 0 unspecified atom stereocenters. The average Bonchev–Trinajstić information content (AvgIpc) is 3.08. The minimum Gasteiger partial charge on any atom is -0.496 e. The number of hydrogen-bond donors (Lipinski definition) is 1. The van der Waals surface area contributed by atoms with Crippen molar-refractivity contribution in [2.75, 3.05) is 31.5 Å². The third-order valence-electron chi connectivity index (χ3n) is 5.21. The zero-order valence-electron chi connectivity index (χ0n) is 18.2. The fraction of sp³-hybridized carbons (Fsp3) is 0.120. The van der Waals surface area contributed by atoms with Crippen LogP contribution in [0.25, 0.3) is 5.57 Å². The Bertz CT molecular complexity index is 1270. The smallest absolute Gasteiger partial charge is 0.282 e. The number of anilines is 2. The number of carbonyl (C=O) groups excluding carboxylic acids is 2. The van der Waals surface area contributed by atoms with E-state index in [9.17, 15) is 14.0 Å². The largest absolute Gasteiger partial charge is 0.496 e. The molecule has 0 radical (unpaired) electrons. The van der Waals surface area contributed by atoms with E-state index < -0.39 is 17.6 Å². The van der Waals surface area contributed by atoms with Crippen LogP contribution in [0.2, 0.25) is 0 Å². The highest BCUT2D eigenvalue weighted by Gasteiger charge is 2.42. The van der Waals surface area contributed by atoms with Crippen LogP contribution in [0.4, 0.5) is 15.8 Å². The van der Waals surface area contributed by atoms with Crippen LogP contribution in [0, 0.1) is 5.82 Å². The maximum atomic E-state index is 14.6. The molecule has 1 aliphatic rings. The second-order valence-electron chi connectivity index (χ2n) is 7.04. The van der Waals surface area contributed by atoms with Crippen molar-refractivity contribution >= 4 is 28.8 Å². The quantitative estimate of drug-likeness (QED) is 0.545. The summed E-state index contributed by atoms with van der Waals surface area (Å²) in [5.74, 6) is -0.714. The lowest BCUT2D eigenvalue weighted by Crippen LogP contribution is -2.33. The zero-order valence-corrected chi connectivity index (χ0v) is 18.2. The molecule has 0 fully saturated rings. The van der Waals surface area contributed by atoms with Crippen molar-refractivity contribution in [1.29, 1.82) is 0 Å². The van der Waals surface area contributed by atoms with Crippen LogP contribution in [0.15, 0.2) is 72.4 Å². The van der Waals surface area contributed by atoms with Crippen molar-refractivity contribution in [1.82, 2.24) is 0 Å². The van der Waals surface area contributed by atoms with Gasteiger partial charge in [-0.2, -0.15) is 0 Å². The van der Waals surface area contributed by atoms with Crippen LogP contribution < -0.4 is 24.4 Å². The minimum atomic E-state index is -0.694. The summed E-state index contributed by atoms with van der Waals surface area (Å²) in [5.41, 5.74) is 0.797. The summed E-state index contributed by atoms with van der Waals surface area (Å²) in [6.07, 6.45) is 0. The molecule has 0 saturated carbocycles. The van der Waals surface area contributed by atoms with Crippen LogP contribution in [0.1, 0.15) is 5.56 Å². The molecule has 4 rings (SSSR count). The first-order valence-corrected chi connectivity index (χ1v) is 10.00. The van der Waals surface area contributed by atoms with Gasteiger partial charge in [0.15, 0.2) is 11.5 Å². The molecule has 8 heteroatoms.